The molecule has 8 nitrogen and oxygen atoms in total. The molecule has 2 aromatic rings. The molecule has 21 heavy (non-hydrogen) atoms. The first-order valence-corrected chi connectivity index (χ1v) is 7.05. The van der Waals surface area contributed by atoms with Gasteiger partial charge in [-0.15, -0.1) is 5.10 Å². The van der Waals surface area contributed by atoms with Gasteiger partial charge in [0, 0.05) is 17.3 Å². The minimum Gasteiger partial charge on any atom is -0.409 e. The van der Waals surface area contributed by atoms with Gasteiger partial charge in [-0.25, -0.2) is 14.9 Å². The van der Waals surface area contributed by atoms with E-state index < -0.39 is 0 Å². The Morgan fingerprint density at radius 1 is 1.52 bits per heavy atom. The van der Waals surface area contributed by atoms with E-state index in [-0.39, 0.29) is 17.6 Å². The third-order valence-corrected chi connectivity index (χ3v) is 3.61. The monoisotopic (exact) mass is 308 g/mol. The van der Waals surface area contributed by atoms with E-state index in [0.29, 0.717) is 15.7 Å². The van der Waals surface area contributed by atoms with Gasteiger partial charge in [-0.3, -0.25) is 4.57 Å². The summed E-state index contributed by atoms with van der Waals surface area (Å²) in [6.45, 7) is 5.59. The van der Waals surface area contributed by atoms with Gasteiger partial charge < -0.3 is 10.9 Å². The third kappa shape index (κ3) is 3.24. The molecule has 2 rings (SSSR count). The van der Waals surface area contributed by atoms with E-state index in [4.69, 9.17) is 10.9 Å². The van der Waals surface area contributed by atoms with E-state index in [1.807, 2.05) is 13.8 Å². The lowest BCUT2D eigenvalue weighted by Gasteiger charge is -2.09. The summed E-state index contributed by atoms with van der Waals surface area (Å²) < 4.78 is 1.54. The zero-order valence-electron chi connectivity index (χ0n) is 11.9. The zero-order chi connectivity index (χ0) is 15.6. The highest BCUT2D eigenvalue weighted by Gasteiger charge is 2.14. The minimum absolute atomic E-state index is 0.00521. The molecule has 4 N–H and O–H groups in total. The van der Waals surface area contributed by atoms with Gasteiger partial charge >= 0.3 is 5.69 Å². The van der Waals surface area contributed by atoms with Crippen molar-refractivity contribution in [1.29, 1.82) is 0 Å². The first kappa shape index (κ1) is 15.1. The number of hydrogen-bond donors (Lipinski definition) is 3. The lowest BCUT2D eigenvalue weighted by molar-refractivity contribution is 0.318. The Kier molecular flexibility index (Phi) is 4.32. The second-order valence-corrected chi connectivity index (χ2v) is 5.69. The summed E-state index contributed by atoms with van der Waals surface area (Å²) in [4.78, 5) is 16.1. The number of nitrogens with two attached hydrogens (primary N) is 1. The molecule has 0 saturated heterocycles. The Hall–Kier alpha value is -2.29. The fourth-order valence-electron chi connectivity index (χ4n) is 1.81. The largest absolute Gasteiger partial charge is 0.409 e. The van der Waals surface area contributed by atoms with Crippen LogP contribution in [-0.2, 0) is 0 Å². The lowest BCUT2D eigenvalue weighted by Crippen LogP contribution is -2.19. The number of H-pyrrole nitrogens is 1. The van der Waals surface area contributed by atoms with Crippen LogP contribution in [-0.4, -0.2) is 30.8 Å². The lowest BCUT2D eigenvalue weighted by atomic mass is 10.2. The van der Waals surface area contributed by atoms with Crippen molar-refractivity contribution in [2.24, 2.45) is 10.9 Å². The molecule has 0 aliphatic carbocycles. The molecule has 0 fully saturated rings. The summed E-state index contributed by atoms with van der Waals surface area (Å²) in [7, 11) is 0. The van der Waals surface area contributed by atoms with Crippen LogP contribution >= 0.6 is 11.8 Å². The first-order valence-electron chi connectivity index (χ1n) is 6.23. The Balaban J connectivity index is 2.41. The summed E-state index contributed by atoms with van der Waals surface area (Å²) in [5.41, 5.74) is 6.60. The van der Waals surface area contributed by atoms with Crippen LogP contribution in [0, 0.1) is 6.92 Å². The molecular weight excluding hydrogens is 292 g/mol. The van der Waals surface area contributed by atoms with Crippen LogP contribution in [0.25, 0.3) is 0 Å². The van der Waals surface area contributed by atoms with Crippen LogP contribution in [0.3, 0.4) is 0 Å². The molecule has 0 amide bonds. The molecule has 2 heterocycles. The van der Waals surface area contributed by atoms with Crippen LogP contribution < -0.4 is 11.4 Å². The van der Waals surface area contributed by atoms with Gasteiger partial charge in [0.25, 0.3) is 0 Å². The van der Waals surface area contributed by atoms with Crippen molar-refractivity contribution < 1.29 is 5.21 Å². The Morgan fingerprint density at radius 3 is 2.86 bits per heavy atom. The SMILES string of the molecule is Cc1cc(/C(N)=N/O)cc(Sc2n[nH]c(=O)n2C(C)C)n1. The van der Waals surface area contributed by atoms with Gasteiger partial charge in [-0.05, 0) is 44.7 Å². The van der Waals surface area contributed by atoms with E-state index in [1.165, 1.54) is 16.3 Å². The predicted molar refractivity (Wildman–Crippen MR) is 78.8 cm³/mol. The normalized spacial score (nSPS) is 12.1. The fourth-order valence-corrected chi connectivity index (χ4v) is 2.85. The number of aryl methyl sites for hydroxylation is 1. The number of hydrogen-bond acceptors (Lipinski definition) is 6. The van der Waals surface area contributed by atoms with Gasteiger partial charge in [-0.2, -0.15) is 0 Å². The van der Waals surface area contributed by atoms with Crippen LogP contribution in [0.1, 0.15) is 31.1 Å². The van der Waals surface area contributed by atoms with E-state index in [2.05, 4.69) is 20.3 Å². The number of aromatic amines is 1. The van der Waals surface area contributed by atoms with Gasteiger partial charge in [0.1, 0.15) is 5.03 Å². The molecule has 0 spiro atoms. The molecule has 2 aromatic heterocycles. The van der Waals surface area contributed by atoms with Crippen LogP contribution in [0.5, 0.6) is 0 Å². The molecule has 0 aliphatic heterocycles. The standard InChI is InChI=1S/C12H16N6O2S/c1-6(2)18-11(19)15-16-12(18)21-9-5-8(10(13)17-20)4-7(3)14-9/h4-6,20H,1-3H3,(H2,13,17)(H,15,19). The van der Waals surface area contributed by atoms with E-state index in [9.17, 15) is 4.79 Å². The van der Waals surface area contributed by atoms with Gasteiger partial charge in [0.15, 0.2) is 11.0 Å². The number of nitrogens with one attached hydrogen (secondary N) is 1. The second kappa shape index (κ2) is 6.00. The zero-order valence-corrected chi connectivity index (χ0v) is 12.7. The number of pyridine rings is 1. The van der Waals surface area contributed by atoms with E-state index >= 15 is 0 Å². The maximum atomic E-state index is 11.7. The predicted octanol–water partition coefficient (Wildman–Crippen LogP) is 1.10. The Labute approximate surface area is 125 Å². The number of rotatable bonds is 4. The number of oxime groups is 1. The molecule has 0 saturated carbocycles. The Morgan fingerprint density at radius 2 is 2.24 bits per heavy atom. The van der Waals surface area contributed by atoms with Crippen molar-refractivity contribution >= 4 is 17.6 Å². The van der Waals surface area contributed by atoms with Gasteiger partial charge in [0.2, 0.25) is 0 Å². The summed E-state index contributed by atoms with van der Waals surface area (Å²) in [5.74, 6) is 0.00521. The molecule has 0 bridgehead atoms. The molecular formula is C12H16N6O2S. The highest BCUT2D eigenvalue weighted by Crippen LogP contribution is 2.26. The van der Waals surface area contributed by atoms with Crippen molar-refractivity contribution in [3.63, 3.8) is 0 Å². The van der Waals surface area contributed by atoms with Crippen LogP contribution in [0.15, 0.2) is 32.3 Å². The maximum Gasteiger partial charge on any atom is 0.344 e. The molecule has 9 heteroatoms. The fraction of sp³-hybridized carbons (Fsp3) is 0.333. The van der Waals surface area contributed by atoms with Crippen molar-refractivity contribution in [3.05, 3.63) is 33.9 Å². The topological polar surface area (TPSA) is 122 Å². The molecule has 0 radical (unpaired) electrons. The minimum atomic E-state index is -0.267. The maximum absolute atomic E-state index is 11.7. The molecule has 0 aromatic carbocycles. The number of nitrogens with zero attached hydrogens (tertiary/aromatic N) is 4. The van der Waals surface area contributed by atoms with Crippen molar-refractivity contribution in [2.45, 2.75) is 37.0 Å². The van der Waals surface area contributed by atoms with Gasteiger partial charge in [-0.1, -0.05) is 5.16 Å². The van der Waals surface area contributed by atoms with Crippen LogP contribution in [0.2, 0.25) is 0 Å². The average molecular weight is 308 g/mol. The van der Waals surface area contributed by atoms with Crippen molar-refractivity contribution in [2.75, 3.05) is 0 Å². The summed E-state index contributed by atoms with van der Waals surface area (Å²) in [6, 6.07) is 3.36. The van der Waals surface area contributed by atoms with Gasteiger partial charge in [0.05, 0.1) is 0 Å². The van der Waals surface area contributed by atoms with E-state index in [0.717, 1.165) is 5.69 Å². The second-order valence-electron chi connectivity index (χ2n) is 4.70. The average Bonchev–Trinajstić information content (AvgIpc) is 2.78. The Bertz CT molecular complexity index is 734. The highest BCUT2D eigenvalue weighted by molar-refractivity contribution is 7.99. The van der Waals surface area contributed by atoms with E-state index in [1.54, 1.807) is 19.1 Å². The smallest absolute Gasteiger partial charge is 0.344 e. The molecule has 112 valence electrons. The van der Waals surface area contributed by atoms with Crippen LogP contribution in [0.4, 0.5) is 0 Å². The van der Waals surface area contributed by atoms with Crippen molar-refractivity contribution in [1.82, 2.24) is 19.7 Å². The third-order valence-electron chi connectivity index (χ3n) is 2.72. The number of aromatic nitrogens is 4. The highest BCUT2D eigenvalue weighted by atomic mass is 32.2. The summed E-state index contributed by atoms with van der Waals surface area (Å²) in [6.07, 6.45) is 0. The first-order chi connectivity index (χ1) is 9.92. The molecule has 0 aliphatic rings. The number of amidine groups is 1. The quantitative estimate of drug-likeness (QED) is 0.336. The molecule has 0 atom stereocenters. The van der Waals surface area contributed by atoms with Crippen molar-refractivity contribution in [3.8, 4) is 0 Å². The molecule has 0 unspecified atom stereocenters. The summed E-state index contributed by atoms with van der Waals surface area (Å²) >= 11 is 1.24. The summed E-state index contributed by atoms with van der Waals surface area (Å²) in [5, 5.41) is 19.3.